The minimum atomic E-state index is -0.111. The number of imidazole rings is 1. The monoisotopic (exact) mass is 316 g/mol. The van der Waals surface area contributed by atoms with Crippen LogP contribution in [0.3, 0.4) is 0 Å². The molecule has 0 unspecified atom stereocenters. The zero-order valence-corrected chi connectivity index (χ0v) is 13.6. The van der Waals surface area contributed by atoms with Gasteiger partial charge in [0.2, 0.25) is 5.91 Å². The summed E-state index contributed by atoms with van der Waals surface area (Å²) in [6.07, 6.45) is 0. The van der Waals surface area contributed by atoms with E-state index in [1.807, 2.05) is 0 Å². The Balaban J connectivity index is 1.86. The van der Waals surface area contributed by atoms with Gasteiger partial charge in [-0.2, -0.15) is 0 Å². The van der Waals surface area contributed by atoms with Crippen molar-refractivity contribution in [2.75, 3.05) is 26.2 Å². The number of aromatic nitrogens is 2. The fourth-order valence-corrected chi connectivity index (χ4v) is 3.05. The number of nitrogens with zero attached hydrogens (tertiary/aromatic N) is 4. The smallest absolute Gasteiger partial charge is 0.328 e. The fourth-order valence-electron chi connectivity index (χ4n) is 3.05. The van der Waals surface area contributed by atoms with Crippen LogP contribution in [0.1, 0.15) is 17.3 Å². The van der Waals surface area contributed by atoms with Gasteiger partial charge in [0.05, 0.1) is 11.0 Å². The van der Waals surface area contributed by atoms with E-state index in [4.69, 9.17) is 0 Å². The molecule has 0 N–H and O–H groups in total. The lowest BCUT2D eigenvalue weighted by Crippen LogP contribution is -2.50. The first-order chi connectivity index (χ1) is 10.9. The highest BCUT2D eigenvalue weighted by atomic mass is 16.2. The van der Waals surface area contributed by atoms with Crippen molar-refractivity contribution in [3.63, 3.8) is 0 Å². The summed E-state index contributed by atoms with van der Waals surface area (Å²) in [5.74, 6) is -0.0239. The van der Waals surface area contributed by atoms with Gasteiger partial charge in [-0.15, -0.1) is 0 Å². The summed E-state index contributed by atoms with van der Waals surface area (Å²) >= 11 is 0. The second-order valence-corrected chi connectivity index (χ2v) is 5.90. The summed E-state index contributed by atoms with van der Waals surface area (Å²) in [7, 11) is 3.41. The van der Waals surface area contributed by atoms with E-state index < -0.39 is 0 Å². The number of aryl methyl sites for hydroxylation is 2. The van der Waals surface area contributed by atoms with E-state index in [0.29, 0.717) is 31.7 Å². The number of benzene rings is 1. The van der Waals surface area contributed by atoms with Gasteiger partial charge in [0.15, 0.2) is 0 Å². The molecule has 122 valence electrons. The number of amides is 2. The van der Waals surface area contributed by atoms with Gasteiger partial charge in [0.25, 0.3) is 5.91 Å². The molecule has 0 atom stereocenters. The number of carbonyl (C=O) groups is 2. The van der Waals surface area contributed by atoms with Crippen LogP contribution in [-0.2, 0) is 18.9 Å². The van der Waals surface area contributed by atoms with E-state index in [1.54, 1.807) is 58.2 Å². The number of rotatable bonds is 1. The van der Waals surface area contributed by atoms with Gasteiger partial charge in [-0.3, -0.25) is 18.7 Å². The van der Waals surface area contributed by atoms with E-state index in [1.165, 1.54) is 0 Å². The Labute approximate surface area is 133 Å². The topological polar surface area (TPSA) is 67.6 Å². The molecule has 0 saturated carbocycles. The lowest BCUT2D eigenvalue weighted by atomic mass is 10.1. The van der Waals surface area contributed by atoms with Crippen LogP contribution < -0.4 is 5.69 Å². The molecule has 1 saturated heterocycles. The van der Waals surface area contributed by atoms with Crippen LogP contribution in [0.25, 0.3) is 11.0 Å². The van der Waals surface area contributed by atoms with Gasteiger partial charge in [0, 0.05) is 52.8 Å². The predicted molar refractivity (Wildman–Crippen MR) is 86.3 cm³/mol. The molecule has 3 rings (SSSR count). The minimum Gasteiger partial charge on any atom is -0.339 e. The third-order valence-corrected chi connectivity index (χ3v) is 4.53. The highest BCUT2D eigenvalue weighted by Crippen LogP contribution is 2.16. The van der Waals surface area contributed by atoms with Crippen LogP contribution in [0.15, 0.2) is 23.0 Å². The average molecular weight is 316 g/mol. The Bertz CT molecular complexity index is 841. The van der Waals surface area contributed by atoms with Gasteiger partial charge in [-0.25, -0.2) is 4.79 Å². The Morgan fingerprint density at radius 2 is 1.48 bits per heavy atom. The van der Waals surface area contributed by atoms with E-state index in [9.17, 15) is 14.4 Å². The van der Waals surface area contributed by atoms with Gasteiger partial charge < -0.3 is 9.80 Å². The molecular formula is C16H20N4O3. The lowest BCUT2D eigenvalue weighted by Gasteiger charge is -2.34. The standard InChI is InChI=1S/C16H20N4O3/c1-11(21)19-6-8-20(9-7-19)15(22)12-4-5-13-14(10-12)18(3)16(23)17(13)2/h4-5,10H,6-9H2,1-3H3. The Morgan fingerprint density at radius 1 is 0.913 bits per heavy atom. The second kappa shape index (κ2) is 5.57. The van der Waals surface area contributed by atoms with E-state index in [0.717, 1.165) is 11.0 Å². The van der Waals surface area contributed by atoms with Gasteiger partial charge in [-0.05, 0) is 18.2 Å². The summed E-state index contributed by atoms with van der Waals surface area (Å²) in [6.45, 7) is 3.73. The van der Waals surface area contributed by atoms with Crippen molar-refractivity contribution in [3.8, 4) is 0 Å². The molecule has 0 aliphatic carbocycles. The fraction of sp³-hybridized carbons (Fsp3) is 0.438. The minimum absolute atomic E-state index is 0.0396. The van der Waals surface area contributed by atoms with Crippen LogP contribution in [0, 0.1) is 0 Å². The zero-order valence-electron chi connectivity index (χ0n) is 13.6. The molecule has 1 aromatic carbocycles. The number of fused-ring (bicyclic) bond motifs is 1. The van der Waals surface area contributed by atoms with Crippen molar-refractivity contribution >= 4 is 22.8 Å². The largest absolute Gasteiger partial charge is 0.339 e. The predicted octanol–water partition coefficient (Wildman–Crippen LogP) is 0.181. The number of hydrogen-bond acceptors (Lipinski definition) is 3. The Kier molecular flexibility index (Phi) is 3.71. The molecule has 1 aliphatic heterocycles. The average Bonchev–Trinajstić information content (AvgIpc) is 2.78. The van der Waals surface area contributed by atoms with Crippen LogP contribution >= 0.6 is 0 Å². The number of carbonyl (C=O) groups excluding carboxylic acids is 2. The molecule has 0 spiro atoms. The van der Waals surface area contributed by atoms with Gasteiger partial charge in [-0.1, -0.05) is 0 Å². The van der Waals surface area contributed by atoms with Crippen molar-refractivity contribution in [1.82, 2.24) is 18.9 Å². The van der Waals surface area contributed by atoms with Crippen LogP contribution in [0.2, 0.25) is 0 Å². The number of piperazine rings is 1. The first kappa shape index (κ1) is 15.3. The molecule has 2 amide bonds. The van der Waals surface area contributed by atoms with Crippen molar-refractivity contribution in [2.24, 2.45) is 14.1 Å². The molecule has 2 aromatic rings. The van der Waals surface area contributed by atoms with Crippen molar-refractivity contribution in [1.29, 1.82) is 0 Å². The first-order valence-electron chi connectivity index (χ1n) is 7.60. The Morgan fingerprint density at radius 3 is 2.09 bits per heavy atom. The maximum absolute atomic E-state index is 12.7. The normalized spacial score (nSPS) is 15.3. The molecule has 23 heavy (non-hydrogen) atoms. The summed E-state index contributed by atoms with van der Waals surface area (Å²) in [4.78, 5) is 39.5. The molecule has 0 radical (unpaired) electrons. The third kappa shape index (κ3) is 2.52. The maximum atomic E-state index is 12.7. The van der Waals surface area contributed by atoms with Gasteiger partial charge in [0.1, 0.15) is 0 Å². The third-order valence-electron chi connectivity index (χ3n) is 4.53. The van der Waals surface area contributed by atoms with Gasteiger partial charge >= 0.3 is 5.69 Å². The summed E-state index contributed by atoms with van der Waals surface area (Å²) < 4.78 is 3.11. The molecule has 2 heterocycles. The quantitative estimate of drug-likeness (QED) is 0.754. The summed E-state index contributed by atoms with van der Waals surface area (Å²) in [5, 5.41) is 0. The van der Waals surface area contributed by atoms with Crippen molar-refractivity contribution in [3.05, 3.63) is 34.2 Å². The maximum Gasteiger partial charge on any atom is 0.328 e. The van der Waals surface area contributed by atoms with Crippen molar-refractivity contribution in [2.45, 2.75) is 6.92 Å². The zero-order chi connectivity index (χ0) is 16.7. The lowest BCUT2D eigenvalue weighted by molar-refractivity contribution is -0.130. The van der Waals surface area contributed by atoms with Crippen LogP contribution in [0.4, 0.5) is 0 Å². The highest BCUT2D eigenvalue weighted by Gasteiger charge is 2.23. The van der Waals surface area contributed by atoms with E-state index in [-0.39, 0.29) is 17.5 Å². The van der Waals surface area contributed by atoms with E-state index >= 15 is 0 Å². The SMILES string of the molecule is CC(=O)N1CCN(C(=O)c2ccc3c(c2)n(C)c(=O)n3C)CC1. The van der Waals surface area contributed by atoms with Crippen molar-refractivity contribution < 1.29 is 9.59 Å². The first-order valence-corrected chi connectivity index (χ1v) is 7.60. The summed E-state index contributed by atoms with van der Waals surface area (Å²) in [6, 6.07) is 5.31. The molecular weight excluding hydrogens is 296 g/mol. The highest BCUT2D eigenvalue weighted by molar-refractivity contribution is 5.97. The second-order valence-electron chi connectivity index (χ2n) is 5.90. The molecule has 7 nitrogen and oxygen atoms in total. The molecule has 1 aliphatic rings. The molecule has 1 aromatic heterocycles. The molecule has 0 bridgehead atoms. The summed E-state index contributed by atoms with van der Waals surface area (Å²) in [5.41, 5.74) is 2.00. The van der Waals surface area contributed by atoms with Crippen LogP contribution in [-0.4, -0.2) is 56.9 Å². The van der Waals surface area contributed by atoms with Crippen LogP contribution in [0.5, 0.6) is 0 Å². The Hall–Kier alpha value is -2.57. The molecule has 7 heteroatoms. The van der Waals surface area contributed by atoms with E-state index in [2.05, 4.69) is 0 Å². The molecule has 1 fully saturated rings. The number of hydrogen-bond donors (Lipinski definition) is 0.